The van der Waals surface area contributed by atoms with Gasteiger partial charge >= 0.3 is 0 Å². The summed E-state index contributed by atoms with van der Waals surface area (Å²) in [6, 6.07) is 0. The number of unbranched alkanes of at least 4 members (excludes halogenated alkanes) is 3. The predicted octanol–water partition coefficient (Wildman–Crippen LogP) is 3.01. The first kappa shape index (κ1) is 16.0. The Kier molecular flexibility index (Phi) is 7.48. The Labute approximate surface area is 120 Å². The summed E-state index contributed by atoms with van der Waals surface area (Å²) in [7, 11) is 1.81. The standard InChI is InChI=1S/C14H26N4S/c1-5-6-7-8-9-16-14(15-4)17-10-13-18-11(2)12(3)19-13/h5-10H2,1-4H3,(H2,15,16,17). The maximum atomic E-state index is 4.51. The van der Waals surface area contributed by atoms with E-state index in [2.05, 4.69) is 41.4 Å². The van der Waals surface area contributed by atoms with E-state index in [0.717, 1.165) is 29.8 Å². The topological polar surface area (TPSA) is 49.3 Å². The van der Waals surface area contributed by atoms with Gasteiger partial charge in [0.2, 0.25) is 0 Å². The molecule has 0 saturated carbocycles. The molecule has 19 heavy (non-hydrogen) atoms. The van der Waals surface area contributed by atoms with E-state index in [9.17, 15) is 0 Å². The molecule has 0 bridgehead atoms. The molecule has 0 aliphatic rings. The van der Waals surface area contributed by atoms with Crippen molar-refractivity contribution >= 4 is 17.3 Å². The van der Waals surface area contributed by atoms with Gasteiger partial charge in [-0.2, -0.15) is 0 Å². The molecule has 4 nitrogen and oxygen atoms in total. The third kappa shape index (κ3) is 6.05. The quantitative estimate of drug-likeness (QED) is 0.459. The lowest BCUT2D eigenvalue weighted by molar-refractivity contribution is 0.647. The molecule has 0 aliphatic heterocycles. The summed E-state index contributed by atoms with van der Waals surface area (Å²) in [5.41, 5.74) is 1.13. The molecule has 2 N–H and O–H groups in total. The molecule has 1 aromatic rings. The highest BCUT2D eigenvalue weighted by molar-refractivity contribution is 7.11. The molecule has 1 aromatic heterocycles. The average Bonchev–Trinajstić information content (AvgIpc) is 2.72. The Morgan fingerprint density at radius 2 is 2.00 bits per heavy atom. The maximum absolute atomic E-state index is 4.51. The van der Waals surface area contributed by atoms with Gasteiger partial charge in [-0.05, 0) is 20.3 Å². The minimum atomic E-state index is 0.744. The van der Waals surface area contributed by atoms with Crippen LogP contribution in [-0.4, -0.2) is 24.5 Å². The van der Waals surface area contributed by atoms with E-state index in [1.807, 2.05) is 0 Å². The number of aliphatic imine (C=N–C) groups is 1. The molecule has 0 amide bonds. The van der Waals surface area contributed by atoms with Gasteiger partial charge < -0.3 is 10.6 Å². The summed E-state index contributed by atoms with van der Waals surface area (Å²) in [6.45, 7) is 8.11. The van der Waals surface area contributed by atoms with Gasteiger partial charge in [0.05, 0.1) is 12.2 Å². The average molecular weight is 282 g/mol. The zero-order valence-electron chi connectivity index (χ0n) is 12.5. The number of aromatic nitrogens is 1. The molecule has 1 heterocycles. The van der Waals surface area contributed by atoms with Crippen molar-refractivity contribution < 1.29 is 0 Å². The molecule has 0 fully saturated rings. The van der Waals surface area contributed by atoms with Crippen LogP contribution in [0.5, 0.6) is 0 Å². The molecule has 0 aliphatic carbocycles. The predicted molar refractivity (Wildman–Crippen MR) is 83.9 cm³/mol. The van der Waals surface area contributed by atoms with Crippen molar-refractivity contribution in [2.24, 2.45) is 4.99 Å². The fourth-order valence-corrected chi connectivity index (χ4v) is 2.63. The molecule has 0 unspecified atom stereocenters. The van der Waals surface area contributed by atoms with Crippen molar-refractivity contribution in [3.8, 4) is 0 Å². The number of nitrogens with zero attached hydrogens (tertiary/aromatic N) is 2. The molecule has 5 heteroatoms. The molecule has 1 rings (SSSR count). The Balaban J connectivity index is 2.25. The smallest absolute Gasteiger partial charge is 0.191 e. The maximum Gasteiger partial charge on any atom is 0.191 e. The highest BCUT2D eigenvalue weighted by Crippen LogP contribution is 2.15. The van der Waals surface area contributed by atoms with Crippen LogP contribution in [0, 0.1) is 13.8 Å². The van der Waals surface area contributed by atoms with E-state index in [1.54, 1.807) is 18.4 Å². The van der Waals surface area contributed by atoms with Gasteiger partial charge in [-0.1, -0.05) is 26.2 Å². The monoisotopic (exact) mass is 282 g/mol. The number of rotatable bonds is 7. The summed E-state index contributed by atoms with van der Waals surface area (Å²) in [5, 5.41) is 7.75. The molecule has 0 aromatic carbocycles. The van der Waals surface area contributed by atoms with Crippen molar-refractivity contribution in [1.82, 2.24) is 15.6 Å². The van der Waals surface area contributed by atoms with Crippen LogP contribution in [0.15, 0.2) is 4.99 Å². The summed E-state index contributed by atoms with van der Waals surface area (Å²) < 4.78 is 0. The van der Waals surface area contributed by atoms with E-state index in [-0.39, 0.29) is 0 Å². The van der Waals surface area contributed by atoms with Crippen molar-refractivity contribution in [1.29, 1.82) is 0 Å². The largest absolute Gasteiger partial charge is 0.356 e. The Bertz CT molecular complexity index is 379. The van der Waals surface area contributed by atoms with E-state index < -0.39 is 0 Å². The van der Waals surface area contributed by atoms with Crippen LogP contribution in [-0.2, 0) is 6.54 Å². The highest BCUT2D eigenvalue weighted by Gasteiger charge is 2.04. The SMILES string of the molecule is CCCCCCNC(=NC)NCc1nc(C)c(C)s1. The Morgan fingerprint density at radius 1 is 1.21 bits per heavy atom. The van der Waals surface area contributed by atoms with Crippen LogP contribution in [0.2, 0.25) is 0 Å². The van der Waals surface area contributed by atoms with E-state index >= 15 is 0 Å². The van der Waals surface area contributed by atoms with Crippen molar-refractivity contribution in [3.63, 3.8) is 0 Å². The fourth-order valence-electron chi connectivity index (χ4n) is 1.75. The zero-order valence-corrected chi connectivity index (χ0v) is 13.4. The van der Waals surface area contributed by atoms with Crippen molar-refractivity contribution in [3.05, 3.63) is 15.6 Å². The third-order valence-corrected chi connectivity index (χ3v) is 4.10. The van der Waals surface area contributed by atoms with Gasteiger partial charge in [-0.15, -0.1) is 11.3 Å². The second-order valence-electron chi connectivity index (χ2n) is 4.66. The summed E-state index contributed by atoms with van der Waals surface area (Å²) in [6.07, 6.45) is 5.07. The van der Waals surface area contributed by atoms with Crippen LogP contribution < -0.4 is 10.6 Å². The van der Waals surface area contributed by atoms with Gasteiger partial charge in [-0.25, -0.2) is 4.98 Å². The van der Waals surface area contributed by atoms with Gasteiger partial charge in [0.25, 0.3) is 0 Å². The molecule has 0 atom stereocenters. The normalized spacial score (nSPS) is 11.7. The minimum absolute atomic E-state index is 0.744. The molecule has 0 saturated heterocycles. The highest BCUT2D eigenvalue weighted by atomic mass is 32.1. The van der Waals surface area contributed by atoms with Gasteiger partial charge in [0, 0.05) is 18.5 Å². The summed E-state index contributed by atoms with van der Waals surface area (Å²) in [5.74, 6) is 0.863. The number of aryl methyl sites for hydroxylation is 2. The molecule has 108 valence electrons. The third-order valence-electron chi connectivity index (χ3n) is 3.03. The first-order valence-corrected chi connectivity index (χ1v) is 7.86. The van der Waals surface area contributed by atoms with E-state index in [0.29, 0.717) is 0 Å². The molecule has 0 spiro atoms. The molecular formula is C14H26N4S. The second-order valence-corrected chi connectivity index (χ2v) is 5.95. The Hall–Kier alpha value is -1.10. The van der Waals surface area contributed by atoms with E-state index in [1.165, 1.54) is 30.6 Å². The van der Waals surface area contributed by atoms with Crippen molar-refractivity contribution in [2.75, 3.05) is 13.6 Å². The number of hydrogen-bond acceptors (Lipinski definition) is 3. The Morgan fingerprint density at radius 3 is 2.58 bits per heavy atom. The summed E-state index contributed by atoms with van der Waals surface area (Å²) >= 11 is 1.75. The van der Waals surface area contributed by atoms with E-state index in [4.69, 9.17) is 0 Å². The van der Waals surface area contributed by atoms with Crippen LogP contribution in [0.4, 0.5) is 0 Å². The van der Waals surface area contributed by atoms with Gasteiger partial charge in [0.15, 0.2) is 5.96 Å². The van der Waals surface area contributed by atoms with Crippen LogP contribution >= 0.6 is 11.3 Å². The summed E-state index contributed by atoms with van der Waals surface area (Å²) in [4.78, 5) is 10.0. The lowest BCUT2D eigenvalue weighted by atomic mass is 10.2. The minimum Gasteiger partial charge on any atom is -0.356 e. The number of thiazole rings is 1. The van der Waals surface area contributed by atoms with Crippen molar-refractivity contribution in [2.45, 2.75) is 53.0 Å². The number of hydrogen-bond donors (Lipinski definition) is 2. The molecule has 0 radical (unpaired) electrons. The number of guanidine groups is 1. The number of nitrogens with one attached hydrogen (secondary N) is 2. The second kappa shape index (κ2) is 8.91. The van der Waals surface area contributed by atoms with Crippen LogP contribution in [0.25, 0.3) is 0 Å². The van der Waals surface area contributed by atoms with Gasteiger partial charge in [-0.3, -0.25) is 4.99 Å². The van der Waals surface area contributed by atoms with Crippen LogP contribution in [0.3, 0.4) is 0 Å². The fraction of sp³-hybridized carbons (Fsp3) is 0.714. The zero-order chi connectivity index (χ0) is 14.1. The van der Waals surface area contributed by atoms with Crippen LogP contribution in [0.1, 0.15) is 48.2 Å². The lowest BCUT2D eigenvalue weighted by Gasteiger charge is -2.10. The first-order valence-electron chi connectivity index (χ1n) is 7.04. The lowest BCUT2D eigenvalue weighted by Crippen LogP contribution is -2.37. The first-order chi connectivity index (χ1) is 9.17. The van der Waals surface area contributed by atoms with Gasteiger partial charge in [0.1, 0.15) is 5.01 Å². The molecular weight excluding hydrogens is 256 g/mol.